The van der Waals surface area contributed by atoms with Crippen molar-refractivity contribution in [3.8, 4) is 0 Å². The predicted octanol–water partition coefficient (Wildman–Crippen LogP) is 2.65. The average Bonchev–Trinajstić information content (AvgIpc) is 2.54. The van der Waals surface area contributed by atoms with Gasteiger partial charge < -0.3 is 4.74 Å². The number of hydrogen-bond acceptors (Lipinski definition) is 3. The van der Waals surface area contributed by atoms with E-state index in [-0.39, 0.29) is 11.9 Å². The second kappa shape index (κ2) is 5.17. The Hall–Kier alpha value is -1.58. The summed E-state index contributed by atoms with van der Waals surface area (Å²) in [5.41, 5.74) is -0.594. The van der Waals surface area contributed by atoms with E-state index in [1.807, 2.05) is 0 Å². The number of imide groups is 1. The Bertz CT molecular complexity index is 352. The third-order valence-corrected chi connectivity index (χ3v) is 2.29. The molecule has 0 aromatic rings. The Morgan fingerprint density at radius 1 is 1.59 bits per heavy atom. The van der Waals surface area contributed by atoms with Gasteiger partial charge in [0.1, 0.15) is 5.60 Å². The van der Waals surface area contributed by atoms with Crippen molar-refractivity contribution in [3.05, 3.63) is 24.8 Å². The topological polar surface area (TPSA) is 46.6 Å². The van der Waals surface area contributed by atoms with Crippen molar-refractivity contribution in [2.24, 2.45) is 0 Å². The fraction of sp³-hybridized carbons (Fsp3) is 0.538. The van der Waals surface area contributed by atoms with Crippen LogP contribution in [0.25, 0.3) is 0 Å². The quantitative estimate of drug-likeness (QED) is 0.709. The molecule has 17 heavy (non-hydrogen) atoms. The van der Waals surface area contributed by atoms with Crippen molar-refractivity contribution in [3.63, 3.8) is 0 Å². The molecule has 1 rings (SSSR count). The summed E-state index contributed by atoms with van der Waals surface area (Å²) < 4.78 is 5.20. The van der Waals surface area contributed by atoms with E-state index in [9.17, 15) is 9.59 Å². The molecule has 94 valence electrons. The van der Waals surface area contributed by atoms with Crippen LogP contribution in [0, 0.1) is 0 Å². The van der Waals surface area contributed by atoms with E-state index in [0.29, 0.717) is 6.42 Å². The highest BCUT2D eigenvalue weighted by atomic mass is 16.6. The molecule has 4 heteroatoms. The summed E-state index contributed by atoms with van der Waals surface area (Å²) in [5, 5.41) is 0. The van der Waals surface area contributed by atoms with E-state index in [2.05, 4.69) is 6.58 Å². The molecule has 0 aromatic heterocycles. The second-order valence-corrected chi connectivity index (χ2v) is 4.98. The highest BCUT2D eigenvalue weighted by Crippen LogP contribution is 2.20. The van der Waals surface area contributed by atoms with Gasteiger partial charge in [0, 0.05) is 6.08 Å². The van der Waals surface area contributed by atoms with Crippen LogP contribution >= 0.6 is 0 Å². The van der Waals surface area contributed by atoms with Crippen LogP contribution in [0.2, 0.25) is 0 Å². The summed E-state index contributed by atoms with van der Waals surface area (Å²) in [6.45, 7) is 8.95. The van der Waals surface area contributed by atoms with Crippen molar-refractivity contribution in [1.29, 1.82) is 0 Å². The first kappa shape index (κ1) is 13.5. The maximum atomic E-state index is 11.9. The Balaban J connectivity index is 2.69. The number of allylic oxidation sites excluding steroid dienone is 1. The molecule has 4 nitrogen and oxygen atoms in total. The lowest BCUT2D eigenvalue weighted by atomic mass is 10.1. The normalized spacial score (nSPS) is 19.6. The van der Waals surface area contributed by atoms with Gasteiger partial charge in [0.2, 0.25) is 0 Å². The van der Waals surface area contributed by atoms with Crippen LogP contribution in [0.4, 0.5) is 4.79 Å². The summed E-state index contributed by atoms with van der Waals surface area (Å²) in [4.78, 5) is 24.6. The van der Waals surface area contributed by atoms with Gasteiger partial charge in [0.05, 0.1) is 6.04 Å². The smallest absolute Gasteiger partial charge is 0.417 e. The van der Waals surface area contributed by atoms with Crippen molar-refractivity contribution in [1.82, 2.24) is 4.90 Å². The fourth-order valence-corrected chi connectivity index (χ4v) is 1.57. The number of hydrogen-bond donors (Lipinski definition) is 0. The molecule has 0 aromatic carbocycles. The largest absolute Gasteiger partial charge is 0.443 e. The molecule has 0 bridgehead atoms. The molecule has 0 N–H and O–H groups in total. The van der Waals surface area contributed by atoms with Gasteiger partial charge in [-0.3, -0.25) is 4.79 Å². The number of amides is 2. The fourth-order valence-electron chi connectivity index (χ4n) is 1.57. The molecule has 1 aliphatic rings. The highest BCUT2D eigenvalue weighted by molar-refractivity contribution is 6.01. The van der Waals surface area contributed by atoms with Gasteiger partial charge in [0.25, 0.3) is 5.91 Å². The minimum absolute atomic E-state index is 0.213. The van der Waals surface area contributed by atoms with Gasteiger partial charge in [-0.2, -0.15) is 0 Å². The molecule has 0 saturated carbocycles. The monoisotopic (exact) mass is 237 g/mol. The van der Waals surface area contributed by atoms with Gasteiger partial charge in [-0.1, -0.05) is 12.2 Å². The molecule has 1 unspecified atom stereocenters. The molecular formula is C13H19NO3. The van der Waals surface area contributed by atoms with Gasteiger partial charge in [-0.25, -0.2) is 9.69 Å². The third-order valence-electron chi connectivity index (χ3n) is 2.29. The number of rotatable bonds is 3. The van der Waals surface area contributed by atoms with E-state index in [1.54, 1.807) is 32.9 Å². The van der Waals surface area contributed by atoms with Gasteiger partial charge in [-0.15, -0.1) is 6.58 Å². The SMILES string of the molecule is C=CCCC1C=CC(=O)N1C(=O)OC(C)(C)C. The number of nitrogens with zero attached hydrogens (tertiary/aromatic N) is 1. The zero-order valence-corrected chi connectivity index (χ0v) is 10.6. The molecule has 1 aliphatic heterocycles. The van der Waals surface area contributed by atoms with Gasteiger partial charge in [-0.05, 0) is 33.6 Å². The van der Waals surface area contributed by atoms with Crippen molar-refractivity contribution in [2.45, 2.75) is 45.3 Å². The van der Waals surface area contributed by atoms with E-state index < -0.39 is 11.7 Å². The summed E-state index contributed by atoms with van der Waals surface area (Å²) in [6.07, 6.45) is 5.77. The molecule has 2 amide bonds. The minimum Gasteiger partial charge on any atom is -0.443 e. The summed E-state index contributed by atoms with van der Waals surface area (Å²) >= 11 is 0. The average molecular weight is 237 g/mol. The van der Waals surface area contributed by atoms with E-state index >= 15 is 0 Å². The maximum absolute atomic E-state index is 11.9. The predicted molar refractivity (Wildman–Crippen MR) is 65.4 cm³/mol. The molecular weight excluding hydrogens is 218 g/mol. The highest BCUT2D eigenvalue weighted by Gasteiger charge is 2.34. The zero-order chi connectivity index (χ0) is 13.1. The number of ether oxygens (including phenoxy) is 1. The molecule has 0 spiro atoms. The lowest BCUT2D eigenvalue weighted by Crippen LogP contribution is -2.42. The van der Waals surface area contributed by atoms with Crippen molar-refractivity contribution < 1.29 is 14.3 Å². The first-order valence-electron chi connectivity index (χ1n) is 5.70. The van der Waals surface area contributed by atoms with Gasteiger partial charge in [0.15, 0.2) is 0 Å². The van der Waals surface area contributed by atoms with Crippen molar-refractivity contribution >= 4 is 12.0 Å². The molecule has 0 radical (unpaired) electrons. The molecule has 0 aliphatic carbocycles. The second-order valence-electron chi connectivity index (χ2n) is 4.98. The minimum atomic E-state index is -0.594. The Morgan fingerprint density at radius 3 is 2.76 bits per heavy atom. The lowest BCUT2D eigenvalue weighted by molar-refractivity contribution is -0.125. The maximum Gasteiger partial charge on any atom is 0.417 e. The van der Waals surface area contributed by atoms with Crippen molar-refractivity contribution in [2.75, 3.05) is 0 Å². The number of carbonyl (C=O) groups excluding carboxylic acids is 2. The van der Waals surface area contributed by atoms with Crippen LogP contribution in [0.3, 0.4) is 0 Å². The molecule has 0 fully saturated rings. The summed E-state index contributed by atoms with van der Waals surface area (Å²) in [6, 6.07) is -0.213. The van der Waals surface area contributed by atoms with Gasteiger partial charge >= 0.3 is 6.09 Å². The summed E-state index contributed by atoms with van der Waals surface area (Å²) in [7, 11) is 0. The lowest BCUT2D eigenvalue weighted by Gasteiger charge is -2.27. The first-order chi connectivity index (χ1) is 7.85. The van der Waals surface area contributed by atoms with Crippen LogP contribution in [-0.4, -0.2) is 28.5 Å². The first-order valence-corrected chi connectivity index (χ1v) is 5.70. The molecule has 1 atom stereocenters. The Kier molecular flexibility index (Phi) is 4.10. The van der Waals surface area contributed by atoms with Crippen LogP contribution in [0.15, 0.2) is 24.8 Å². The standard InChI is InChI=1S/C13H19NO3/c1-5-6-7-10-8-9-11(15)14(10)12(16)17-13(2,3)4/h5,8-10H,1,6-7H2,2-4H3. The Morgan fingerprint density at radius 2 is 2.24 bits per heavy atom. The number of carbonyl (C=O) groups is 2. The van der Waals surface area contributed by atoms with Crippen LogP contribution < -0.4 is 0 Å². The van der Waals surface area contributed by atoms with Crippen LogP contribution in [-0.2, 0) is 9.53 Å². The van der Waals surface area contributed by atoms with E-state index in [4.69, 9.17) is 4.74 Å². The molecule has 1 heterocycles. The summed E-state index contributed by atoms with van der Waals surface area (Å²) in [5.74, 6) is -0.312. The van der Waals surface area contributed by atoms with E-state index in [0.717, 1.165) is 11.3 Å². The third kappa shape index (κ3) is 3.73. The Labute approximate surface area is 102 Å². The van der Waals surface area contributed by atoms with Crippen LogP contribution in [0.1, 0.15) is 33.6 Å². The van der Waals surface area contributed by atoms with E-state index in [1.165, 1.54) is 6.08 Å². The van der Waals surface area contributed by atoms with Crippen LogP contribution in [0.5, 0.6) is 0 Å². The molecule has 0 saturated heterocycles. The zero-order valence-electron chi connectivity index (χ0n) is 10.6.